The van der Waals surface area contributed by atoms with Crippen molar-refractivity contribution >= 4 is 28.1 Å². The average Bonchev–Trinajstić information content (AvgIpc) is 2.92. The normalized spacial score (nSPS) is 10.5. The van der Waals surface area contributed by atoms with Gasteiger partial charge in [-0.3, -0.25) is 4.79 Å². The van der Waals surface area contributed by atoms with Crippen LogP contribution in [0.15, 0.2) is 48.5 Å². The molecule has 3 rings (SSSR count). The second-order valence-corrected chi connectivity index (χ2v) is 6.92. The lowest BCUT2D eigenvalue weighted by atomic mass is 10.1. The molecule has 5 nitrogen and oxygen atoms in total. The molecule has 2 aromatic carbocycles. The van der Waals surface area contributed by atoms with Gasteiger partial charge in [-0.05, 0) is 55.8 Å². The number of nitrogens with zero attached hydrogens (tertiary/aromatic N) is 1. The highest BCUT2D eigenvalue weighted by molar-refractivity contribution is 7.15. The number of anilines is 2. The zero-order valence-electron chi connectivity index (χ0n) is 14.1. The molecular weight excluding hydrogens is 334 g/mol. The standard InChI is InChI=1S/C19H19N3O2S/c1-12-4-3-5-15(10-12)21-17(23)11-24-16-8-6-14(7-9-16)18-13(2)25-19(20)22-18/h3-10H,11H2,1-2H3,(H2,20,22)(H,21,23). The van der Waals surface area contributed by atoms with Crippen LogP contribution >= 0.6 is 11.3 Å². The maximum absolute atomic E-state index is 12.0. The Morgan fingerprint density at radius 3 is 2.60 bits per heavy atom. The van der Waals surface area contributed by atoms with Crippen LogP contribution in [-0.2, 0) is 4.79 Å². The fraction of sp³-hybridized carbons (Fsp3) is 0.158. The minimum absolute atomic E-state index is 0.0457. The predicted octanol–water partition coefficient (Wildman–Crippen LogP) is 4.03. The number of hydrogen-bond donors (Lipinski definition) is 2. The van der Waals surface area contributed by atoms with Crippen LogP contribution < -0.4 is 15.8 Å². The van der Waals surface area contributed by atoms with E-state index in [1.165, 1.54) is 11.3 Å². The fourth-order valence-electron chi connectivity index (χ4n) is 2.46. The minimum Gasteiger partial charge on any atom is -0.484 e. The Morgan fingerprint density at radius 1 is 1.20 bits per heavy atom. The maximum Gasteiger partial charge on any atom is 0.262 e. The van der Waals surface area contributed by atoms with Gasteiger partial charge >= 0.3 is 0 Å². The van der Waals surface area contributed by atoms with E-state index in [-0.39, 0.29) is 12.5 Å². The largest absolute Gasteiger partial charge is 0.484 e. The van der Waals surface area contributed by atoms with Crippen molar-refractivity contribution in [2.24, 2.45) is 0 Å². The lowest BCUT2D eigenvalue weighted by molar-refractivity contribution is -0.118. The Labute approximate surface area is 150 Å². The van der Waals surface area contributed by atoms with Gasteiger partial charge in [0.25, 0.3) is 5.91 Å². The second kappa shape index (κ2) is 7.36. The molecule has 0 saturated carbocycles. The third kappa shape index (κ3) is 4.36. The Hall–Kier alpha value is -2.86. The van der Waals surface area contributed by atoms with Crippen molar-refractivity contribution in [3.8, 4) is 17.0 Å². The van der Waals surface area contributed by atoms with Crippen LogP contribution in [0.4, 0.5) is 10.8 Å². The Morgan fingerprint density at radius 2 is 1.96 bits per heavy atom. The zero-order valence-corrected chi connectivity index (χ0v) is 14.9. The molecule has 0 unspecified atom stereocenters. The van der Waals surface area contributed by atoms with E-state index >= 15 is 0 Å². The molecule has 0 fully saturated rings. The third-order valence-electron chi connectivity index (χ3n) is 3.61. The van der Waals surface area contributed by atoms with Crippen molar-refractivity contribution in [1.82, 2.24) is 4.98 Å². The van der Waals surface area contributed by atoms with Gasteiger partial charge in [0.15, 0.2) is 11.7 Å². The molecule has 25 heavy (non-hydrogen) atoms. The SMILES string of the molecule is Cc1cccc(NC(=O)COc2ccc(-c3nc(N)sc3C)cc2)c1. The first-order valence-electron chi connectivity index (χ1n) is 7.84. The lowest BCUT2D eigenvalue weighted by Crippen LogP contribution is -2.20. The monoisotopic (exact) mass is 353 g/mol. The highest BCUT2D eigenvalue weighted by atomic mass is 32.1. The molecule has 0 radical (unpaired) electrons. The van der Waals surface area contributed by atoms with Crippen LogP contribution in [-0.4, -0.2) is 17.5 Å². The molecule has 1 heterocycles. The molecule has 0 aliphatic rings. The van der Waals surface area contributed by atoms with E-state index in [1.807, 2.05) is 62.4 Å². The molecular formula is C19H19N3O2S. The van der Waals surface area contributed by atoms with Gasteiger partial charge < -0.3 is 15.8 Å². The van der Waals surface area contributed by atoms with Crippen molar-refractivity contribution < 1.29 is 9.53 Å². The van der Waals surface area contributed by atoms with E-state index in [1.54, 1.807) is 0 Å². The number of nitrogens with two attached hydrogens (primary N) is 1. The molecule has 0 saturated heterocycles. The number of thiazole rings is 1. The summed E-state index contributed by atoms with van der Waals surface area (Å²) in [6.07, 6.45) is 0. The Kier molecular flexibility index (Phi) is 5.00. The quantitative estimate of drug-likeness (QED) is 0.726. The lowest BCUT2D eigenvalue weighted by Gasteiger charge is -2.08. The van der Waals surface area contributed by atoms with Crippen molar-refractivity contribution in [1.29, 1.82) is 0 Å². The van der Waals surface area contributed by atoms with Crippen molar-refractivity contribution in [3.05, 3.63) is 59.0 Å². The van der Waals surface area contributed by atoms with E-state index in [2.05, 4.69) is 10.3 Å². The predicted molar refractivity (Wildman–Crippen MR) is 102 cm³/mol. The van der Waals surface area contributed by atoms with E-state index in [0.717, 1.165) is 27.4 Å². The van der Waals surface area contributed by atoms with Crippen LogP contribution in [0, 0.1) is 13.8 Å². The van der Waals surface area contributed by atoms with Crippen LogP contribution in [0.25, 0.3) is 11.3 Å². The number of aromatic nitrogens is 1. The number of carbonyl (C=O) groups is 1. The molecule has 3 aromatic rings. The number of rotatable bonds is 5. The summed E-state index contributed by atoms with van der Waals surface area (Å²) in [6.45, 7) is 3.92. The van der Waals surface area contributed by atoms with E-state index in [4.69, 9.17) is 10.5 Å². The van der Waals surface area contributed by atoms with Gasteiger partial charge in [-0.1, -0.05) is 12.1 Å². The van der Waals surface area contributed by atoms with E-state index < -0.39 is 0 Å². The van der Waals surface area contributed by atoms with Crippen molar-refractivity contribution in [3.63, 3.8) is 0 Å². The summed E-state index contributed by atoms with van der Waals surface area (Å²) in [5.74, 6) is 0.432. The Balaban J connectivity index is 1.58. The highest BCUT2D eigenvalue weighted by Crippen LogP contribution is 2.29. The molecule has 1 amide bonds. The number of hydrogen-bond acceptors (Lipinski definition) is 5. The molecule has 0 bridgehead atoms. The van der Waals surface area contributed by atoms with Crippen LogP contribution in [0.1, 0.15) is 10.4 Å². The molecule has 0 atom stereocenters. The molecule has 3 N–H and O–H groups in total. The molecule has 0 aliphatic heterocycles. The first kappa shape index (κ1) is 17.0. The summed E-state index contributed by atoms with van der Waals surface area (Å²) in [4.78, 5) is 17.4. The Bertz CT molecular complexity index is 888. The minimum atomic E-state index is -0.196. The second-order valence-electron chi connectivity index (χ2n) is 5.69. The van der Waals surface area contributed by atoms with E-state index in [9.17, 15) is 4.79 Å². The van der Waals surface area contributed by atoms with Crippen molar-refractivity contribution in [2.75, 3.05) is 17.7 Å². The summed E-state index contributed by atoms with van der Waals surface area (Å²) in [6, 6.07) is 15.1. The molecule has 0 aliphatic carbocycles. The van der Waals surface area contributed by atoms with Gasteiger partial charge in [0.2, 0.25) is 0 Å². The number of ether oxygens (including phenoxy) is 1. The van der Waals surface area contributed by atoms with Crippen LogP contribution in [0.3, 0.4) is 0 Å². The summed E-state index contributed by atoms with van der Waals surface area (Å²) < 4.78 is 5.54. The number of benzene rings is 2. The smallest absolute Gasteiger partial charge is 0.262 e. The van der Waals surface area contributed by atoms with Crippen LogP contribution in [0.2, 0.25) is 0 Å². The highest BCUT2D eigenvalue weighted by Gasteiger charge is 2.09. The number of amides is 1. The van der Waals surface area contributed by atoms with Crippen molar-refractivity contribution in [2.45, 2.75) is 13.8 Å². The third-order valence-corrected chi connectivity index (χ3v) is 4.41. The van der Waals surface area contributed by atoms with E-state index in [0.29, 0.717) is 10.9 Å². The van der Waals surface area contributed by atoms with Gasteiger partial charge in [0, 0.05) is 16.1 Å². The first-order chi connectivity index (χ1) is 12.0. The van der Waals surface area contributed by atoms with Gasteiger partial charge in [-0.15, -0.1) is 11.3 Å². The summed E-state index contributed by atoms with van der Waals surface area (Å²) in [5.41, 5.74) is 9.45. The molecule has 1 aromatic heterocycles. The zero-order chi connectivity index (χ0) is 17.8. The van der Waals surface area contributed by atoms with Gasteiger partial charge in [0.05, 0.1) is 5.69 Å². The summed E-state index contributed by atoms with van der Waals surface area (Å²) in [7, 11) is 0. The summed E-state index contributed by atoms with van der Waals surface area (Å²) in [5, 5.41) is 3.37. The summed E-state index contributed by atoms with van der Waals surface area (Å²) >= 11 is 1.47. The van der Waals surface area contributed by atoms with Gasteiger partial charge in [-0.2, -0.15) is 0 Å². The topological polar surface area (TPSA) is 77.2 Å². The first-order valence-corrected chi connectivity index (χ1v) is 8.65. The molecule has 6 heteroatoms. The molecule has 128 valence electrons. The van der Waals surface area contributed by atoms with Gasteiger partial charge in [-0.25, -0.2) is 4.98 Å². The van der Waals surface area contributed by atoms with Crippen LogP contribution in [0.5, 0.6) is 5.75 Å². The molecule has 0 spiro atoms. The maximum atomic E-state index is 12.0. The fourth-order valence-corrected chi connectivity index (χ4v) is 3.17. The number of nitrogen functional groups attached to an aromatic ring is 1. The van der Waals surface area contributed by atoms with Gasteiger partial charge in [0.1, 0.15) is 5.75 Å². The number of aryl methyl sites for hydroxylation is 2. The number of nitrogens with one attached hydrogen (secondary N) is 1. The number of carbonyl (C=O) groups excluding carboxylic acids is 1. The average molecular weight is 353 g/mol.